The molecule has 0 saturated heterocycles. The van der Waals surface area contributed by atoms with Gasteiger partial charge in [-0.05, 0) is 47.5 Å². The number of ketones is 2. The van der Waals surface area contributed by atoms with Gasteiger partial charge in [0.2, 0.25) is 0 Å². The summed E-state index contributed by atoms with van der Waals surface area (Å²) in [5.41, 5.74) is 3.74. The number of carbonyl (C=O) groups excluding carboxylic acids is 4. The van der Waals surface area contributed by atoms with Gasteiger partial charge >= 0.3 is 23.1 Å². The van der Waals surface area contributed by atoms with Crippen molar-refractivity contribution in [3.05, 3.63) is 143 Å². The second kappa shape index (κ2) is 13.8. The zero-order valence-electron chi connectivity index (χ0n) is 22.8. The third kappa shape index (κ3) is 7.27. The first-order chi connectivity index (χ1) is 20.3. The first kappa shape index (κ1) is 31.0. The number of carbonyl (C=O) groups is 4. The smallest absolute Gasteiger partial charge is 0.550 e. The van der Waals surface area contributed by atoms with E-state index < -0.39 is 11.9 Å². The summed E-state index contributed by atoms with van der Waals surface area (Å²) in [6, 6.07) is 27.5. The molecule has 0 radical (unpaired) electrons. The summed E-state index contributed by atoms with van der Waals surface area (Å²) >= 11 is 0. The van der Waals surface area contributed by atoms with E-state index >= 15 is 0 Å². The predicted molar refractivity (Wildman–Crippen MR) is 155 cm³/mol. The number of carboxylic acids is 2. The predicted octanol–water partition coefficient (Wildman–Crippen LogP) is 3.53. The summed E-state index contributed by atoms with van der Waals surface area (Å²) in [4.78, 5) is 46.7. The zero-order chi connectivity index (χ0) is 29.6. The maximum atomic E-state index is 12.6. The Labute approximate surface area is 261 Å². The van der Waals surface area contributed by atoms with E-state index in [1.54, 1.807) is 84.9 Å². The number of hydrogen-bond acceptors (Lipinski definition) is 8. The molecule has 0 fully saturated rings. The summed E-state index contributed by atoms with van der Waals surface area (Å²) in [6.07, 6.45) is 2.48. The van der Waals surface area contributed by atoms with Gasteiger partial charge in [0.15, 0.2) is 11.6 Å². The van der Waals surface area contributed by atoms with Crippen LogP contribution in [0.5, 0.6) is 0 Å². The molecule has 0 N–H and O–H groups in total. The maximum absolute atomic E-state index is 12.6. The molecule has 0 bridgehead atoms. The van der Waals surface area contributed by atoms with Crippen LogP contribution in [-0.2, 0) is 22.4 Å². The number of fused-ring (bicyclic) bond motifs is 2. The molecule has 0 aliphatic rings. The Morgan fingerprint density at radius 2 is 0.907 bits per heavy atom. The Bertz CT molecular complexity index is 1780. The van der Waals surface area contributed by atoms with Crippen molar-refractivity contribution in [1.29, 1.82) is 0 Å². The van der Waals surface area contributed by atoms with Gasteiger partial charge in [0.25, 0.3) is 0 Å². The molecular weight excluding hydrogens is 561 g/mol. The molecule has 0 saturated carbocycles. The van der Waals surface area contributed by atoms with Crippen LogP contribution in [-0.4, -0.2) is 46.6 Å². The fourth-order valence-electron chi connectivity index (χ4n) is 4.65. The van der Waals surface area contributed by atoms with Crippen molar-refractivity contribution in [2.24, 2.45) is 0 Å². The SMILES string of the molecule is O=C([O-])Cc1cc(C(=O)c2ccccc2)c2occc2c1.O=C([O-])Cc1cc(C(=O)c2ccccc2)c2occc2c1.[Mg+2]. The molecule has 6 rings (SSSR count). The van der Waals surface area contributed by atoms with Gasteiger partial charge in [-0.2, -0.15) is 0 Å². The largest absolute Gasteiger partial charge is 2.00 e. The first-order valence-corrected chi connectivity index (χ1v) is 12.9. The van der Waals surface area contributed by atoms with E-state index in [4.69, 9.17) is 8.83 Å². The molecule has 0 atom stereocenters. The maximum Gasteiger partial charge on any atom is 2.00 e. The van der Waals surface area contributed by atoms with Crippen molar-refractivity contribution >= 4 is 68.5 Å². The van der Waals surface area contributed by atoms with Crippen LogP contribution >= 0.6 is 0 Å². The second-order valence-corrected chi connectivity index (χ2v) is 9.45. The Kier molecular flexibility index (Phi) is 9.92. The van der Waals surface area contributed by atoms with Crippen LogP contribution in [0.1, 0.15) is 43.0 Å². The van der Waals surface area contributed by atoms with Crippen LogP contribution in [0, 0.1) is 0 Å². The topological polar surface area (TPSA) is 141 Å². The molecule has 0 spiro atoms. The Hall–Kier alpha value is -4.99. The summed E-state index contributed by atoms with van der Waals surface area (Å²) in [5.74, 6) is -2.77. The average molecular weight is 583 g/mol. The molecule has 0 unspecified atom stereocenters. The van der Waals surface area contributed by atoms with Gasteiger partial charge < -0.3 is 28.6 Å². The summed E-state index contributed by atoms with van der Waals surface area (Å²) < 4.78 is 10.7. The van der Waals surface area contributed by atoms with Gasteiger partial charge in [-0.15, -0.1) is 0 Å². The number of aliphatic carboxylic acids is 2. The molecule has 9 heteroatoms. The van der Waals surface area contributed by atoms with Crippen molar-refractivity contribution < 1.29 is 38.2 Å². The second-order valence-electron chi connectivity index (χ2n) is 9.45. The summed E-state index contributed by atoms with van der Waals surface area (Å²) in [6.45, 7) is 0. The summed E-state index contributed by atoms with van der Waals surface area (Å²) in [7, 11) is 0. The Balaban J connectivity index is 0.000000192. The molecule has 0 aliphatic carbocycles. The number of carboxylic acid groups (broad SMARTS) is 2. The van der Waals surface area contributed by atoms with Crippen LogP contribution in [0.4, 0.5) is 0 Å². The van der Waals surface area contributed by atoms with Crippen LogP contribution in [0.2, 0.25) is 0 Å². The van der Waals surface area contributed by atoms with Crippen LogP contribution in [0.15, 0.2) is 118 Å². The normalized spacial score (nSPS) is 10.4. The van der Waals surface area contributed by atoms with Gasteiger partial charge in [-0.25, -0.2) is 0 Å². The third-order valence-corrected chi connectivity index (χ3v) is 6.48. The van der Waals surface area contributed by atoms with Crippen molar-refractivity contribution in [3.63, 3.8) is 0 Å². The number of furan rings is 2. The number of rotatable bonds is 8. The van der Waals surface area contributed by atoms with Crippen molar-refractivity contribution in [2.75, 3.05) is 0 Å². The van der Waals surface area contributed by atoms with Gasteiger partial charge in [0.1, 0.15) is 11.2 Å². The minimum Gasteiger partial charge on any atom is -0.550 e. The van der Waals surface area contributed by atoms with Gasteiger partial charge in [0, 0.05) is 46.7 Å². The van der Waals surface area contributed by atoms with Gasteiger partial charge in [-0.3, -0.25) is 9.59 Å². The standard InChI is InChI=1S/2C17H12O4.Mg/c2*18-15(19)10-11-8-13-6-7-21-17(13)14(9-11)16(20)12-4-2-1-3-5-12;/h2*1-9H,10H2,(H,18,19);/q;;+2/p-2. The molecular formula is C34H22MgO8. The van der Waals surface area contributed by atoms with E-state index in [1.807, 2.05) is 12.1 Å². The van der Waals surface area contributed by atoms with Crippen LogP contribution in [0.25, 0.3) is 21.9 Å². The van der Waals surface area contributed by atoms with Crippen molar-refractivity contribution in [3.8, 4) is 0 Å². The van der Waals surface area contributed by atoms with E-state index in [2.05, 4.69) is 0 Å². The fraction of sp³-hybridized carbons (Fsp3) is 0.0588. The quantitative estimate of drug-likeness (QED) is 0.196. The van der Waals surface area contributed by atoms with Gasteiger partial charge in [-0.1, -0.05) is 60.7 Å². The number of hydrogen-bond donors (Lipinski definition) is 0. The monoisotopic (exact) mass is 582 g/mol. The van der Waals surface area contributed by atoms with E-state index in [-0.39, 0.29) is 47.5 Å². The van der Waals surface area contributed by atoms with E-state index in [1.165, 1.54) is 12.5 Å². The zero-order valence-corrected chi connectivity index (χ0v) is 24.2. The number of benzene rings is 4. The molecule has 6 aromatic rings. The molecule has 2 heterocycles. The van der Waals surface area contributed by atoms with Crippen molar-refractivity contribution in [2.45, 2.75) is 12.8 Å². The molecule has 0 amide bonds. The Morgan fingerprint density at radius 3 is 1.26 bits per heavy atom. The molecule has 4 aromatic carbocycles. The van der Waals surface area contributed by atoms with Crippen LogP contribution < -0.4 is 10.2 Å². The van der Waals surface area contributed by atoms with E-state index in [0.29, 0.717) is 55.3 Å². The first-order valence-electron chi connectivity index (χ1n) is 12.9. The van der Waals surface area contributed by atoms with E-state index in [0.717, 1.165) is 0 Å². The van der Waals surface area contributed by atoms with E-state index in [9.17, 15) is 29.4 Å². The van der Waals surface area contributed by atoms with Crippen LogP contribution in [0.3, 0.4) is 0 Å². The third-order valence-electron chi connectivity index (χ3n) is 6.48. The molecule has 43 heavy (non-hydrogen) atoms. The molecule has 8 nitrogen and oxygen atoms in total. The molecule has 0 aliphatic heterocycles. The van der Waals surface area contributed by atoms with Crippen molar-refractivity contribution in [1.82, 2.24) is 0 Å². The van der Waals surface area contributed by atoms with Gasteiger partial charge in [0.05, 0.1) is 23.7 Å². The Morgan fingerprint density at radius 1 is 0.535 bits per heavy atom. The fourth-order valence-corrected chi connectivity index (χ4v) is 4.65. The molecule has 2 aromatic heterocycles. The minimum atomic E-state index is -1.18. The average Bonchev–Trinajstić information content (AvgIpc) is 3.66. The minimum absolute atomic E-state index is 0. The summed E-state index contributed by atoms with van der Waals surface area (Å²) in [5, 5.41) is 23.0. The molecule has 208 valence electrons.